The molecule has 1 N–H and O–H groups in total. The molecule has 0 amide bonds. The van der Waals surface area contributed by atoms with Crippen molar-refractivity contribution in [2.24, 2.45) is 7.05 Å². The van der Waals surface area contributed by atoms with E-state index in [0.717, 1.165) is 11.8 Å². The Labute approximate surface area is 95.6 Å². The average molecular weight is 225 g/mol. The number of hydrogen-bond acceptors (Lipinski definition) is 3. The zero-order chi connectivity index (χ0) is 10.7. The van der Waals surface area contributed by atoms with Crippen LogP contribution in [0.25, 0.3) is 0 Å². The summed E-state index contributed by atoms with van der Waals surface area (Å²) in [5.41, 5.74) is 1.26. The molecule has 1 aromatic heterocycles. The highest BCUT2D eigenvalue weighted by molar-refractivity contribution is 8.00. The molecule has 0 bridgehead atoms. The highest BCUT2D eigenvalue weighted by Crippen LogP contribution is 2.25. The summed E-state index contributed by atoms with van der Waals surface area (Å²) in [6.07, 6.45) is 4.62. The maximum Gasteiger partial charge on any atom is 0.0547 e. The molecular weight excluding hydrogens is 206 g/mol. The Kier molecular flexibility index (Phi) is 3.70. The van der Waals surface area contributed by atoms with Crippen molar-refractivity contribution < 1.29 is 0 Å². The van der Waals surface area contributed by atoms with Crippen LogP contribution in [0.1, 0.15) is 31.5 Å². The molecule has 0 radical (unpaired) electrons. The van der Waals surface area contributed by atoms with Crippen molar-refractivity contribution in [3.8, 4) is 0 Å². The Morgan fingerprint density at radius 2 is 2.60 bits per heavy atom. The van der Waals surface area contributed by atoms with E-state index >= 15 is 0 Å². The Balaban J connectivity index is 1.81. The van der Waals surface area contributed by atoms with Crippen molar-refractivity contribution in [1.82, 2.24) is 15.1 Å². The van der Waals surface area contributed by atoms with Gasteiger partial charge in [0.15, 0.2) is 0 Å². The largest absolute Gasteiger partial charge is 0.308 e. The van der Waals surface area contributed by atoms with Gasteiger partial charge in [-0.25, -0.2) is 0 Å². The topological polar surface area (TPSA) is 29.9 Å². The van der Waals surface area contributed by atoms with Gasteiger partial charge in [0.05, 0.1) is 5.69 Å². The van der Waals surface area contributed by atoms with E-state index in [1.807, 2.05) is 17.9 Å². The molecule has 3 nitrogen and oxygen atoms in total. The van der Waals surface area contributed by atoms with Gasteiger partial charge in [0.25, 0.3) is 0 Å². The second kappa shape index (κ2) is 5.03. The van der Waals surface area contributed by atoms with Crippen LogP contribution in [0, 0.1) is 0 Å². The first kappa shape index (κ1) is 11.0. The second-order valence-corrected chi connectivity index (χ2v) is 5.55. The highest BCUT2D eigenvalue weighted by Gasteiger charge is 2.17. The lowest BCUT2D eigenvalue weighted by Gasteiger charge is -2.16. The summed E-state index contributed by atoms with van der Waals surface area (Å²) in [6, 6.07) is 2.48. The average Bonchev–Trinajstić information content (AvgIpc) is 2.84. The van der Waals surface area contributed by atoms with E-state index in [9.17, 15) is 0 Å². The zero-order valence-electron chi connectivity index (χ0n) is 9.44. The van der Waals surface area contributed by atoms with Gasteiger partial charge < -0.3 is 5.32 Å². The van der Waals surface area contributed by atoms with Gasteiger partial charge in [-0.3, -0.25) is 4.68 Å². The smallest absolute Gasteiger partial charge is 0.0547 e. The first-order valence-corrected chi connectivity index (χ1v) is 6.65. The summed E-state index contributed by atoms with van der Waals surface area (Å²) in [5, 5.41) is 8.60. The monoisotopic (exact) mass is 225 g/mol. The lowest BCUT2D eigenvalue weighted by molar-refractivity contribution is 0.522. The Hall–Kier alpha value is -0.480. The Morgan fingerprint density at radius 3 is 3.20 bits per heavy atom. The molecule has 15 heavy (non-hydrogen) atoms. The van der Waals surface area contributed by atoms with Gasteiger partial charge in [-0.2, -0.15) is 16.9 Å². The summed E-state index contributed by atoms with van der Waals surface area (Å²) in [6.45, 7) is 3.33. The third kappa shape index (κ3) is 2.75. The third-order valence-corrected chi connectivity index (χ3v) is 4.38. The lowest BCUT2D eigenvalue weighted by Crippen LogP contribution is -2.27. The number of aromatic nitrogens is 2. The predicted molar refractivity (Wildman–Crippen MR) is 65.1 cm³/mol. The molecule has 0 aliphatic carbocycles. The van der Waals surface area contributed by atoms with Crippen LogP contribution in [-0.2, 0) is 7.05 Å². The van der Waals surface area contributed by atoms with Crippen LogP contribution in [0.15, 0.2) is 12.3 Å². The van der Waals surface area contributed by atoms with Gasteiger partial charge in [-0.1, -0.05) is 0 Å². The molecule has 84 valence electrons. The number of rotatable bonds is 4. The minimum absolute atomic E-state index is 0.402. The van der Waals surface area contributed by atoms with E-state index in [-0.39, 0.29) is 0 Å². The standard InChI is InChI=1S/C11H19N3S/c1-9(11-5-6-13-14(11)2)12-8-10-4-3-7-15-10/h5-6,9-10,12H,3-4,7-8H2,1-2H3. The van der Waals surface area contributed by atoms with Gasteiger partial charge >= 0.3 is 0 Å². The van der Waals surface area contributed by atoms with E-state index in [4.69, 9.17) is 0 Å². The van der Waals surface area contributed by atoms with Crippen LogP contribution in [0.4, 0.5) is 0 Å². The quantitative estimate of drug-likeness (QED) is 0.849. The molecule has 2 unspecified atom stereocenters. The highest BCUT2D eigenvalue weighted by atomic mass is 32.2. The Bertz CT molecular complexity index is 305. The van der Waals surface area contributed by atoms with Crippen LogP contribution in [0.5, 0.6) is 0 Å². The fourth-order valence-corrected chi connectivity index (χ4v) is 3.24. The van der Waals surface area contributed by atoms with Crippen LogP contribution >= 0.6 is 11.8 Å². The normalized spacial score (nSPS) is 23.2. The molecule has 2 rings (SSSR count). The number of hydrogen-bond donors (Lipinski definition) is 1. The molecule has 1 fully saturated rings. The van der Waals surface area contributed by atoms with Crippen molar-refractivity contribution in [1.29, 1.82) is 0 Å². The van der Waals surface area contributed by atoms with Crippen molar-refractivity contribution in [2.45, 2.75) is 31.1 Å². The van der Waals surface area contributed by atoms with Gasteiger partial charge in [0, 0.05) is 31.1 Å². The van der Waals surface area contributed by atoms with Crippen molar-refractivity contribution >= 4 is 11.8 Å². The van der Waals surface area contributed by atoms with Gasteiger partial charge in [0.2, 0.25) is 0 Å². The fourth-order valence-electron chi connectivity index (χ4n) is 2.03. The fraction of sp³-hybridized carbons (Fsp3) is 0.727. The summed E-state index contributed by atoms with van der Waals surface area (Å²) >= 11 is 2.10. The molecule has 1 aliphatic heterocycles. The van der Waals surface area contributed by atoms with E-state index in [1.54, 1.807) is 0 Å². The van der Waals surface area contributed by atoms with E-state index < -0.39 is 0 Å². The van der Waals surface area contributed by atoms with Crippen LogP contribution in [-0.4, -0.2) is 27.3 Å². The first-order valence-electron chi connectivity index (χ1n) is 5.60. The second-order valence-electron chi connectivity index (χ2n) is 4.14. The summed E-state index contributed by atoms with van der Waals surface area (Å²) < 4.78 is 1.94. The molecular formula is C11H19N3S. The predicted octanol–water partition coefficient (Wildman–Crippen LogP) is 1.97. The van der Waals surface area contributed by atoms with Gasteiger partial charge in [-0.05, 0) is 31.6 Å². The number of aryl methyl sites for hydroxylation is 1. The van der Waals surface area contributed by atoms with Crippen LogP contribution in [0.3, 0.4) is 0 Å². The van der Waals surface area contributed by atoms with E-state index in [2.05, 4.69) is 35.2 Å². The van der Waals surface area contributed by atoms with Crippen LogP contribution in [0.2, 0.25) is 0 Å². The molecule has 2 atom stereocenters. The molecule has 2 heterocycles. The summed E-state index contributed by atoms with van der Waals surface area (Å²) in [5.74, 6) is 1.34. The number of nitrogens with one attached hydrogen (secondary N) is 1. The zero-order valence-corrected chi connectivity index (χ0v) is 10.3. The molecule has 0 aromatic carbocycles. The molecule has 1 saturated heterocycles. The van der Waals surface area contributed by atoms with Crippen molar-refractivity contribution in [3.05, 3.63) is 18.0 Å². The maximum absolute atomic E-state index is 4.19. The minimum Gasteiger partial charge on any atom is -0.308 e. The van der Waals surface area contributed by atoms with Gasteiger partial charge in [-0.15, -0.1) is 0 Å². The summed E-state index contributed by atoms with van der Waals surface area (Å²) in [4.78, 5) is 0. The third-order valence-electron chi connectivity index (χ3n) is 2.98. The molecule has 0 spiro atoms. The molecule has 1 aliphatic rings. The van der Waals surface area contributed by atoms with Gasteiger partial charge in [0.1, 0.15) is 0 Å². The summed E-state index contributed by atoms with van der Waals surface area (Å²) in [7, 11) is 2.00. The van der Waals surface area contributed by atoms with E-state index in [0.29, 0.717) is 6.04 Å². The number of nitrogens with zero attached hydrogens (tertiary/aromatic N) is 2. The molecule has 1 aromatic rings. The number of thioether (sulfide) groups is 1. The van der Waals surface area contributed by atoms with Crippen molar-refractivity contribution in [2.75, 3.05) is 12.3 Å². The SMILES string of the molecule is CC(NCC1CCCS1)c1ccnn1C. The van der Waals surface area contributed by atoms with E-state index in [1.165, 1.54) is 24.3 Å². The van der Waals surface area contributed by atoms with Crippen molar-refractivity contribution in [3.63, 3.8) is 0 Å². The van der Waals surface area contributed by atoms with Crippen LogP contribution < -0.4 is 5.32 Å². The lowest BCUT2D eigenvalue weighted by atomic mass is 10.2. The Morgan fingerprint density at radius 1 is 1.73 bits per heavy atom. The maximum atomic E-state index is 4.19. The molecule has 0 saturated carbocycles. The first-order chi connectivity index (χ1) is 7.27. The molecule has 4 heteroatoms. The minimum atomic E-state index is 0.402.